The summed E-state index contributed by atoms with van der Waals surface area (Å²) in [5, 5.41) is 12.6. The fraction of sp³-hybridized carbons (Fsp3) is 0.423. The molecule has 0 saturated carbocycles. The van der Waals surface area contributed by atoms with Crippen LogP contribution in [0, 0.1) is 0 Å². The molecule has 0 radical (unpaired) electrons. The molecule has 2 heterocycles. The van der Waals surface area contributed by atoms with E-state index in [1.165, 1.54) is 0 Å². The van der Waals surface area contributed by atoms with Crippen molar-refractivity contribution in [2.45, 2.75) is 51.2 Å². The zero-order valence-corrected chi connectivity index (χ0v) is 19.9. The largest absolute Gasteiger partial charge is 0.493 e. The zero-order valence-electron chi connectivity index (χ0n) is 19.9. The van der Waals surface area contributed by atoms with Crippen LogP contribution < -0.4 is 25.2 Å². The molecule has 2 aromatic rings. The van der Waals surface area contributed by atoms with Gasteiger partial charge in [-0.25, -0.2) is 5.21 Å². The van der Waals surface area contributed by atoms with E-state index in [4.69, 9.17) is 9.47 Å². The maximum Gasteiger partial charge on any atom is 0.239 e. The fourth-order valence-corrected chi connectivity index (χ4v) is 4.93. The lowest BCUT2D eigenvalue weighted by atomic mass is 9.76. The highest BCUT2D eigenvalue weighted by molar-refractivity contribution is 5.85. The molecule has 4 rings (SSSR count). The minimum Gasteiger partial charge on any atom is -0.493 e. The first kappa shape index (κ1) is 23.1. The zero-order chi connectivity index (χ0) is 23.6. The lowest BCUT2D eigenvalue weighted by molar-refractivity contribution is -0.825. The average Bonchev–Trinajstić information content (AvgIpc) is 3.00. The number of nitrogens with two attached hydrogens (primary N) is 1. The van der Waals surface area contributed by atoms with Crippen LogP contribution in [0.2, 0.25) is 0 Å². The third-order valence-electron chi connectivity index (χ3n) is 6.79. The van der Waals surface area contributed by atoms with E-state index in [1.54, 1.807) is 13.2 Å². The highest BCUT2D eigenvalue weighted by atomic mass is 16.5. The summed E-state index contributed by atoms with van der Waals surface area (Å²) in [5.74, 6) is 1.10. The highest BCUT2D eigenvalue weighted by Crippen LogP contribution is 2.56. The number of anilines is 1. The number of fused-ring (bicyclic) bond motifs is 2. The molecular formula is C26H34N3O4+. The molecule has 2 aliphatic rings. The summed E-state index contributed by atoms with van der Waals surface area (Å²) >= 11 is 0. The summed E-state index contributed by atoms with van der Waals surface area (Å²) in [7, 11) is 1.58. The van der Waals surface area contributed by atoms with E-state index in [-0.39, 0.29) is 12.5 Å². The number of carbonyl (C=O) groups is 1. The standard InChI is InChI=1S/C26H33N3O4/c1-5-6-9-14-27-23(30)17-29-21-11-8-7-10-20(21)25(2,3)26(29)13-12-18-15-19(28-31)16-22(32-4)24(18)33-26/h7-8,10-13,15-16,28,31H,5-6,9,14,17H2,1-4H3,(H,27,30)/p+1. The first-order valence-corrected chi connectivity index (χ1v) is 11.6. The Morgan fingerprint density at radius 2 is 2.03 bits per heavy atom. The van der Waals surface area contributed by atoms with Crippen LogP contribution in [0.5, 0.6) is 11.5 Å². The maximum absolute atomic E-state index is 13.0. The topological polar surface area (TPSA) is 87.6 Å². The smallest absolute Gasteiger partial charge is 0.239 e. The highest BCUT2D eigenvalue weighted by Gasteiger charge is 2.59. The predicted octanol–water partition coefficient (Wildman–Crippen LogP) is 3.49. The number of hydrogen-bond donors (Lipinski definition) is 3. The van der Waals surface area contributed by atoms with E-state index in [0.717, 1.165) is 41.6 Å². The van der Waals surface area contributed by atoms with Crippen molar-refractivity contribution >= 4 is 23.4 Å². The number of quaternary nitrogens is 1. The SMILES string of the molecule is CCCCCNC(=O)CN1c2ccccc2C(C)(C)C12C=Cc1cc([NH2+]O)cc(OC)c1O2. The molecule has 0 aliphatic carbocycles. The summed E-state index contributed by atoms with van der Waals surface area (Å²) in [4.78, 5) is 15.0. The van der Waals surface area contributed by atoms with Crippen molar-refractivity contribution in [2.75, 3.05) is 25.1 Å². The second kappa shape index (κ2) is 9.08. The lowest BCUT2D eigenvalue weighted by Crippen LogP contribution is -2.73. The number of methoxy groups -OCH3 is 1. The van der Waals surface area contributed by atoms with E-state index >= 15 is 0 Å². The summed E-state index contributed by atoms with van der Waals surface area (Å²) in [5.41, 5.74) is 3.23. The molecule has 2 aromatic carbocycles. The van der Waals surface area contributed by atoms with Gasteiger partial charge in [0.05, 0.1) is 12.5 Å². The van der Waals surface area contributed by atoms with Gasteiger partial charge in [-0.1, -0.05) is 38.0 Å². The van der Waals surface area contributed by atoms with Gasteiger partial charge in [0.2, 0.25) is 11.6 Å². The Hall–Kier alpha value is -3.03. The number of benzene rings is 2. The van der Waals surface area contributed by atoms with E-state index in [0.29, 0.717) is 23.7 Å². The van der Waals surface area contributed by atoms with E-state index < -0.39 is 11.1 Å². The summed E-state index contributed by atoms with van der Waals surface area (Å²) < 4.78 is 12.4. The van der Waals surface area contributed by atoms with Gasteiger partial charge in [-0.05, 0) is 44.1 Å². The number of unbranched alkanes of at least 4 members (excludes halogenated alkanes) is 2. The third-order valence-corrected chi connectivity index (χ3v) is 6.79. The summed E-state index contributed by atoms with van der Waals surface area (Å²) in [6, 6.07) is 11.7. The van der Waals surface area contributed by atoms with Crippen LogP contribution >= 0.6 is 0 Å². The molecule has 1 unspecified atom stereocenters. The summed E-state index contributed by atoms with van der Waals surface area (Å²) in [6.07, 6.45) is 7.21. The number of hydrogen-bond acceptors (Lipinski definition) is 5. The van der Waals surface area contributed by atoms with Gasteiger partial charge < -0.3 is 19.7 Å². The predicted molar refractivity (Wildman–Crippen MR) is 128 cm³/mol. The van der Waals surface area contributed by atoms with Gasteiger partial charge in [-0.15, -0.1) is 0 Å². The first-order chi connectivity index (χ1) is 15.9. The normalized spacial score (nSPS) is 19.7. The molecule has 4 N–H and O–H groups in total. The molecule has 2 aliphatic heterocycles. The molecule has 7 heteroatoms. The average molecular weight is 453 g/mol. The molecule has 0 saturated heterocycles. The molecule has 0 fully saturated rings. The van der Waals surface area contributed by atoms with Crippen LogP contribution in [0.3, 0.4) is 0 Å². The number of carbonyl (C=O) groups excluding carboxylic acids is 1. The van der Waals surface area contributed by atoms with Crippen molar-refractivity contribution in [3.8, 4) is 11.5 Å². The Morgan fingerprint density at radius 3 is 2.76 bits per heavy atom. The Balaban J connectivity index is 1.74. The minimum atomic E-state index is -0.915. The van der Waals surface area contributed by atoms with Crippen LogP contribution in [-0.2, 0) is 10.2 Å². The maximum atomic E-state index is 13.0. The number of rotatable bonds is 8. The molecule has 1 amide bonds. The molecule has 176 valence electrons. The van der Waals surface area contributed by atoms with Crippen LogP contribution in [0.15, 0.2) is 42.5 Å². The number of para-hydroxylation sites is 1. The molecule has 1 atom stereocenters. The molecular weight excluding hydrogens is 418 g/mol. The van der Waals surface area contributed by atoms with Gasteiger partial charge in [0.15, 0.2) is 17.2 Å². The van der Waals surface area contributed by atoms with Gasteiger partial charge in [0.25, 0.3) is 0 Å². The lowest BCUT2D eigenvalue weighted by Gasteiger charge is -2.47. The van der Waals surface area contributed by atoms with E-state index in [2.05, 4.69) is 37.1 Å². The van der Waals surface area contributed by atoms with Crippen molar-refractivity contribution in [2.24, 2.45) is 0 Å². The van der Waals surface area contributed by atoms with Crippen molar-refractivity contribution in [1.29, 1.82) is 0 Å². The Kier molecular flexibility index (Phi) is 6.36. The number of amides is 1. The fourth-order valence-electron chi connectivity index (χ4n) is 4.93. The minimum absolute atomic E-state index is 0.0297. The first-order valence-electron chi connectivity index (χ1n) is 11.6. The van der Waals surface area contributed by atoms with Gasteiger partial charge in [-0.2, -0.15) is 5.48 Å². The number of nitrogens with one attached hydrogen (secondary N) is 1. The van der Waals surface area contributed by atoms with Crippen LogP contribution in [0.1, 0.15) is 51.2 Å². The van der Waals surface area contributed by atoms with Crippen molar-refractivity contribution in [1.82, 2.24) is 5.32 Å². The van der Waals surface area contributed by atoms with Crippen LogP contribution in [0.25, 0.3) is 6.08 Å². The second-order valence-corrected chi connectivity index (χ2v) is 9.19. The van der Waals surface area contributed by atoms with Gasteiger partial charge in [0, 0.05) is 29.9 Å². The van der Waals surface area contributed by atoms with Crippen molar-refractivity contribution in [3.05, 3.63) is 53.6 Å². The Bertz CT molecular complexity index is 1070. The Labute approximate surface area is 195 Å². The van der Waals surface area contributed by atoms with E-state index in [9.17, 15) is 10.0 Å². The molecule has 7 nitrogen and oxygen atoms in total. The van der Waals surface area contributed by atoms with Crippen LogP contribution in [-0.4, -0.2) is 37.0 Å². The van der Waals surface area contributed by atoms with E-state index in [1.807, 2.05) is 36.4 Å². The Morgan fingerprint density at radius 1 is 1.24 bits per heavy atom. The van der Waals surface area contributed by atoms with Gasteiger partial charge >= 0.3 is 0 Å². The van der Waals surface area contributed by atoms with Gasteiger partial charge in [0.1, 0.15) is 6.54 Å². The molecule has 0 bridgehead atoms. The van der Waals surface area contributed by atoms with Gasteiger partial charge in [-0.3, -0.25) is 4.79 Å². The molecule has 1 spiro atoms. The quantitative estimate of drug-likeness (QED) is 0.324. The second-order valence-electron chi connectivity index (χ2n) is 9.19. The number of nitrogens with zero attached hydrogens (tertiary/aromatic N) is 1. The molecule has 0 aromatic heterocycles. The summed E-state index contributed by atoms with van der Waals surface area (Å²) in [6.45, 7) is 7.28. The van der Waals surface area contributed by atoms with Crippen molar-refractivity contribution < 1.29 is 25.0 Å². The number of ether oxygens (including phenoxy) is 2. The third kappa shape index (κ3) is 3.85. The van der Waals surface area contributed by atoms with Crippen LogP contribution in [0.4, 0.5) is 11.4 Å². The molecule has 33 heavy (non-hydrogen) atoms. The van der Waals surface area contributed by atoms with Crippen molar-refractivity contribution in [3.63, 3.8) is 0 Å². The monoisotopic (exact) mass is 452 g/mol.